The SMILES string of the molecule is CC(C)(C)OC(=O)N1CCN(c2nc(N[C@H]3CCN(C(=O)Cc4ccccc4)C3)nc3ccccc23)CC1.CC(C)(C)OC(=O)N1CCN(c2nc(N[C@H]3CCNC3)nc3ccccc23)CC1.O=C(Cc1ccccc1)N1CC[C@H](Nc2nc(N3CCNCC3)c3ccccc3n2)C1. The molecule has 24 nitrogen and oxygen atoms in total. The van der Waals surface area contributed by atoms with Crippen molar-refractivity contribution in [1.82, 2.24) is 60.1 Å². The van der Waals surface area contributed by atoms with Crippen LogP contribution in [-0.2, 0) is 31.9 Å². The van der Waals surface area contributed by atoms with Gasteiger partial charge >= 0.3 is 12.2 Å². The molecule has 0 unspecified atom stereocenters. The summed E-state index contributed by atoms with van der Waals surface area (Å²) in [6.07, 6.45) is 3.16. The monoisotopic (exact) mass is 1330 g/mol. The van der Waals surface area contributed by atoms with Crippen LogP contribution in [0.15, 0.2) is 133 Å². The predicted octanol–water partition coefficient (Wildman–Crippen LogP) is 8.70. The number of ether oxygens (including phenoxy) is 2. The Morgan fingerprint density at radius 3 is 1.12 bits per heavy atom. The molecule has 4 amide bonds. The van der Waals surface area contributed by atoms with E-state index in [0.29, 0.717) is 102 Å². The minimum atomic E-state index is -0.514. The second kappa shape index (κ2) is 31.2. The Bertz CT molecular complexity index is 4020. The lowest BCUT2D eigenvalue weighted by Crippen LogP contribution is -2.50. The lowest BCUT2D eigenvalue weighted by molar-refractivity contribution is -0.130. The number of anilines is 6. The van der Waals surface area contributed by atoms with Crippen molar-refractivity contribution in [3.8, 4) is 0 Å². The van der Waals surface area contributed by atoms with Crippen molar-refractivity contribution in [3.63, 3.8) is 0 Å². The lowest BCUT2D eigenvalue weighted by atomic mass is 10.1. The summed E-state index contributed by atoms with van der Waals surface area (Å²) >= 11 is 0. The van der Waals surface area contributed by atoms with Gasteiger partial charge in [0.15, 0.2) is 0 Å². The number of fused-ring (bicyclic) bond motifs is 3. The van der Waals surface area contributed by atoms with E-state index in [1.807, 2.05) is 173 Å². The number of carbonyl (C=O) groups is 4. The van der Waals surface area contributed by atoms with Gasteiger partial charge in [-0.25, -0.2) is 24.5 Å². The van der Waals surface area contributed by atoms with Crippen LogP contribution in [0.3, 0.4) is 0 Å². The van der Waals surface area contributed by atoms with Gasteiger partial charge in [0.1, 0.15) is 28.7 Å². The number of hydrogen-bond acceptors (Lipinski definition) is 20. The van der Waals surface area contributed by atoms with Crippen molar-refractivity contribution in [2.75, 3.05) is 148 Å². The zero-order chi connectivity index (χ0) is 68.2. The molecular weight excluding hydrogens is 1240 g/mol. The van der Waals surface area contributed by atoms with Crippen LogP contribution in [0, 0.1) is 0 Å². The minimum absolute atomic E-state index is 0.0905. The molecule has 516 valence electrons. The first kappa shape index (κ1) is 68.3. The Morgan fingerprint density at radius 1 is 0.398 bits per heavy atom. The summed E-state index contributed by atoms with van der Waals surface area (Å²) in [5, 5.41) is 20.3. The molecule has 3 atom stereocenters. The van der Waals surface area contributed by atoms with Crippen LogP contribution in [0.2, 0.25) is 0 Å². The summed E-state index contributed by atoms with van der Waals surface area (Å²) in [4.78, 5) is 93.5. The Morgan fingerprint density at radius 2 is 0.755 bits per heavy atom. The van der Waals surface area contributed by atoms with E-state index >= 15 is 0 Å². The van der Waals surface area contributed by atoms with E-state index in [4.69, 9.17) is 39.4 Å². The molecule has 8 aromatic rings. The number of nitrogens with zero attached hydrogens (tertiary/aromatic N) is 13. The second-order valence-electron chi connectivity index (χ2n) is 27.9. The van der Waals surface area contributed by atoms with Crippen LogP contribution >= 0.6 is 0 Å². The zero-order valence-corrected chi connectivity index (χ0v) is 57.5. The van der Waals surface area contributed by atoms with E-state index in [0.717, 1.165) is 133 Å². The van der Waals surface area contributed by atoms with Crippen molar-refractivity contribution in [2.45, 2.75) is 103 Å². The molecule has 6 saturated heterocycles. The number of para-hydroxylation sites is 3. The number of likely N-dealkylation sites (tertiary alicyclic amines) is 2. The predicted molar refractivity (Wildman–Crippen MR) is 386 cm³/mol. The summed E-state index contributed by atoms with van der Waals surface area (Å²) in [5.41, 5.74) is 3.84. The Hall–Kier alpha value is -9.68. The summed E-state index contributed by atoms with van der Waals surface area (Å²) in [6, 6.07) is 44.7. The maximum atomic E-state index is 12.8. The molecule has 0 aliphatic carbocycles. The molecular formula is C74H94N18O6. The molecule has 6 fully saturated rings. The van der Waals surface area contributed by atoms with E-state index in [9.17, 15) is 19.2 Å². The highest BCUT2D eigenvalue weighted by Crippen LogP contribution is 2.31. The highest BCUT2D eigenvalue weighted by molar-refractivity contribution is 5.93. The molecule has 24 heteroatoms. The maximum absolute atomic E-state index is 12.8. The Labute approximate surface area is 574 Å². The van der Waals surface area contributed by atoms with Crippen LogP contribution in [0.5, 0.6) is 0 Å². The molecule has 3 aromatic heterocycles. The fraction of sp³-hybridized carbons (Fsp3) is 0.459. The first-order chi connectivity index (χ1) is 47.4. The number of hydrogen-bond donors (Lipinski definition) is 5. The van der Waals surface area contributed by atoms with Gasteiger partial charge in [0.2, 0.25) is 29.7 Å². The van der Waals surface area contributed by atoms with Gasteiger partial charge in [0.25, 0.3) is 0 Å². The highest BCUT2D eigenvalue weighted by atomic mass is 16.6. The van der Waals surface area contributed by atoms with Crippen molar-refractivity contribution < 1.29 is 28.7 Å². The van der Waals surface area contributed by atoms with Crippen LogP contribution < -0.4 is 41.3 Å². The first-order valence-electron chi connectivity index (χ1n) is 34.8. The third kappa shape index (κ3) is 18.1. The first-order valence-corrected chi connectivity index (χ1v) is 34.8. The summed E-state index contributed by atoms with van der Waals surface area (Å²) in [6.45, 7) is 25.0. The largest absolute Gasteiger partial charge is 0.444 e. The van der Waals surface area contributed by atoms with E-state index in [1.54, 1.807) is 9.80 Å². The van der Waals surface area contributed by atoms with Gasteiger partial charge < -0.3 is 70.4 Å². The van der Waals surface area contributed by atoms with Crippen molar-refractivity contribution >= 4 is 92.0 Å². The molecule has 6 aliphatic rings. The molecule has 5 aromatic carbocycles. The molecule has 98 heavy (non-hydrogen) atoms. The maximum Gasteiger partial charge on any atom is 0.410 e. The number of amides is 4. The Kier molecular flexibility index (Phi) is 21.8. The van der Waals surface area contributed by atoms with E-state index < -0.39 is 11.2 Å². The topological polar surface area (TPSA) is 247 Å². The second-order valence-corrected chi connectivity index (χ2v) is 27.9. The number of piperazine rings is 3. The van der Waals surface area contributed by atoms with Gasteiger partial charge in [0.05, 0.1) is 29.4 Å². The summed E-state index contributed by atoms with van der Waals surface area (Å²) in [7, 11) is 0. The van der Waals surface area contributed by atoms with E-state index in [1.165, 1.54) is 0 Å². The van der Waals surface area contributed by atoms with Gasteiger partial charge in [-0.1, -0.05) is 97.1 Å². The average molecular weight is 1330 g/mol. The van der Waals surface area contributed by atoms with E-state index in [-0.39, 0.29) is 36.1 Å². The van der Waals surface area contributed by atoms with Crippen LogP contribution in [0.1, 0.15) is 71.9 Å². The quantitative estimate of drug-likeness (QED) is 0.0724. The summed E-state index contributed by atoms with van der Waals surface area (Å²) in [5.74, 6) is 4.97. The van der Waals surface area contributed by atoms with Gasteiger partial charge in [-0.05, 0) is 115 Å². The molecule has 6 aliphatic heterocycles. The fourth-order valence-corrected chi connectivity index (χ4v) is 13.1. The van der Waals surface area contributed by atoms with Crippen LogP contribution in [0.4, 0.5) is 44.9 Å². The third-order valence-corrected chi connectivity index (χ3v) is 18.2. The van der Waals surface area contributed by atoms with Gasteiger partial charge in [-0.2, -0.15) is 15.0 Å². The van der Waals surface area contributed by atoms with Gasteiger partial charge in [-0.15, -0.1) is 0 Å². The van der Waals surface area contributed by atoms with Crippen molar-refractivity contribution in [2.24, 2.45) is 0 Å². The van der Waals surface area contributed by atoms with Gasteiger partial charge in [0, 0.05) is 146 Å². The lowest BCUT2D eigenvalue weighted by Gasteiger charge is -2.36. The van der Waals surface area contributed by atoms with Crippen molar-refractivity contribution in [3.05, 3.63) is 145 Å². The number of carbonyl (C=O) groups excluding carboxylic acids is 4. The van der Waals surface area contributed by atoms with Crippen molar-refractivity contribution in [1.29, 1.82) is 0 Å². The van der Waals surface area contributed by atoms with E-state index in [2.05, 4.69) is 53.4 Å². The molecule has 9 heterocycles. The zero-order valence-electron chi connectivity index (χ0n) is 57.5. The molecule has 0 saturated carbocycles. The van der Waals surface area contributed by atoms with Crippen LogP contribution in [0.25, 0.3) is 32.7 Å². The fourth-order valence-electron chi connectivity index (χ4n) is 13.1. The number of aromatic nitrogens is 6. The standard InChI is InChI=1S/C29H36N6O3.C24H28N6O.C21H30N6O2/c1-29(2,3)38-28(37)34-17-15-33(16-18-34)26-23-11-7-8-12-24(23)31-27(32-26)30-22-13-14-35(20-22)25(36)19-21-9-5-4-6-10-21;31-22(16-18-6-2-1-3-7-18)30-13-10-19(17-30)26-24-27-21-9-5-4-8-20(21)23(28-24)29-14-11-25-12-15-29;1-21(2,3)29-20(28)27-12-10-26(11-13-27)18-16-6-4-5-7-17(16)24-19(25-18)23-15-8-9-22-14-15/h4-12,22H,13-20H2,1-3H3,(H,30,31,32);1-9,19,25H,10-17H2,(H,26,27,28);4-7,15,22H,8-14H2,1-3H3,(H,23,24,25)/t22-;19-;15-/m000/s1. The highest BCUT2D eigenvalue weighted by Gasteiger charge is 2.33. The molecule has 0 bridgehead atoms. The van der Waals surface area contributed by atoms with Gasteiger partial charge in [-0.3, -0.25) is 9.59 Å². The average Bonchev–Trinajstić information content (AvgIpc) is 1.02. The molecule has 14 rings (SSSR count). The number of benzene rings is 5. The summed E-state index contributed by atoms with van der Waals surface area (Å²) < 4.78 is 11.1. The smallest absolute Gasteiger partial charge is 0.410 e. The number of nitrogens with one attached hydrogen (secondary N) is 5. The van der Waals surface area contributed by atoms with Crippen LogP contribution in [-0.4, -0.2) is 221 Å². The molecule has 5 N–H and O–H groups in total. The molecule has 0 spiro atoms. The Balaban J connectivity index is 0.000000141. The minimum Gasteiger partial charge on any atom is -0.444 e. The number of rotatable bonds is 13. The third-order valence-electron chi connectivity index (χ3n) is 18.2. The molecule has 0 radical (unpaired) electrons. The normalized spacial score (nSPS) is 19.0.